The van der Waals surface area contributed by atoms with Gasteiger partial charge in [-0.25, -0.2) is 4.39 Å². The van der Waals surface area contributed by atoms with Crippen molar-refractivity contribution in [1.82, 2.24) is 10.2 Å². The zero-order valence-electron chi connectivity index (χ0n) is 11.8. The maximum Gasteiger partial charge on any atom is 0.142 e. The van der Waals surface area contributed by atoms with Gasteiger partial charge in [0.05, 0.1) is 5.02 Å². The summed E-state index contributed by atoms with van der Waals surface area (Å²) in [5.41, 5.74) is 1.00. The highest BCUT2D eigenvalue weighted by Gasteiger charge is 2.32. The van der Waals surface area contributed by atoms with Gasteiger partial charge in [0.1, 0.15) is 5.82 Å². The van der Waals surface area contributed by atoms with Gasteiger partial charge in [-0.05, 0) is 31.9 Å². The van der Waals surface area contributed by atoms with Crippen LogP contribution in [-0.4, -0.2) is 29.6 Å². The van der Waals surface area contributed by atoms with Crippen LogP contribution in [0.1, 0.15) is 32.8 Å². The Hall–Kier alpha value is -0.640. The predicted molar refractivity (Wildman–Crippen MR) is 78.0 cm³/mol. The Morgan fingerprint density at radius 1 is 1.53 bits per heavy atom. The third-order valence-corrected chi connectivity index (χ3v) is 4.61. The molecule has 1 aliphatic heterocycles. The first kappa shape index (κ1) is 14.8. The molecule has 1 saturated heterocycles. The summed E-state index contributed by atoms with van der Waals surface area (Å²) in [6.45, 7) is 9.23. The second-order valence-electron chi connectivity index (χ2n) is 5.76. The summed E-state index contributed by atoms with van der Waals surface area (Å²) in [6, 6.07) is 5.47. The molecule has 1 aromatic rings. The fourth-order valence-electron chi connectivity index (χ4n) is 2.52. The minimum absolute atomic E-state index is 0.131. The normalized spacial score (nSPS) is 28.6. The van der Waals surface area contributed by atoms with E-state index in [0.717, 1.165) is 25.1 Å². The molecule has 2 rings (SSSR count). The Bertz CT molecular complexity index is 452. The Balaban J connectivity index is 2.14. The number of halogens is 2. The summed E-state index contributed by atoms with van der Waals surface area (Å²) in [4.78, 5) is 2.38. The quantitative estimate of drug-likeness (QED) is 0.915. The molecule has 0 aliphatic carbocycles. The molecule has 1 aromatic carbocycles. The lowest BCUT2D eigenvalue weighted by molar-refractivity contribution is 0.0865. The number of hydrogen-bond acceptors (Lipinski definition) is 2. The number of rotatable bonds is 3. The van der Waals surface area contributed by atoms with Gasteiger partial charge in [-0.3, -0.25) is 4.90 Å². The van der Waals surface area contributed by atoms with Crippen molar-refractivity contribution in [2.75, 3.05) is 13.1 Å². The number of piperazine rings is 1. The first-order valence-corrected chi connectivity index (χ1v) is 7.25. The smallest absolute Gasteiger partial charge is 0.142 e. The maximum atomic E-state index is 13.5. The highest BCUT2D eigenvalue weighted by atomic mass is 35.5. The van der Waals surface area contributed by atoms with Crippen molar-refractivity contribution in [3.05, 3.63) is 34.6 Å². The number of benzene rings is 1. The van der Waals surface area contributed by atoms with E-state index in [2.05, 4.69) is 31.0 Å². The van der Waals surface area contributed by atoms with E-state index in [-0.39, 0.29) is 16.4 Å². The monoisotopic (exact) mass is 284 g/mol. The van der Waals surface area contributed by atoms with Crippen LogP contribution in [-0.2, 0) is 6.54 Å². The molecular weight excluding hydrogens is 263 g/mol. The zero-order valence-corrected chi connectivity index (χ0v) is 12.6. The van der Waals surface area contributed by atoms with Crippen molar-refractivity contribution < 1.29 is 4.39 Å². The van der Waals surface area contributed by atoms with Crippen molar-refractivity contribution in [2.45, 2.75) is 45.3 Å². The van der Waals surface area contributed by atoms with Crippen LogP contribution in [0.25, 0.3) is 0 Å². The van der Waals surface area contributed by atoms with Crippen molar-refractivity contribution in [3.63, 3.8) is 0 Å². The topological polar surface area (TPSA) is 15.3 Å². The third-order valence-electron chi connectivity index (χ3n) is 4.18. The summed E-state index contributed by atoms with van der Waals surface area (Å²) >= 11 is 6.05. The second-order valence-corrected chi connectivity index (χ2v) is 6.14. The molecule has 0 amide bonds. The van der Waals surface area contributed by atoms with Crippen molar-refractivity contribution in [1.29, 1.82) is 0 Å². The molecule has 0 saturated carbocycles. The van der Waals surface area contributed by atoms with Gasteiger partial charge < -0.3 is 5.32 Å². The van der Waals surface area contributed by atoms with Crippen LogP contribution in [0.3, 0.4) is 0 Å². The number of nitrogens with zero attached hydrogens (tertiary/aromatic N) is 1. The van der Waals surface area contributed by atoms with E-state index in [1.807, 2.05) is 6.07 Å². The molecule has 1 fully saturated rings. The molecule has 0 radical (unpaired) electrons. The van der Waals surface area contributed by atoms with E-state index in [0.29, 0.717) is 12.6 Å². The largest absolute Gasteiger partial charge is 0.309 e. The molecule has 2 atom stereocenters. The molecule has 106 valence electrons. The lowest BCUT2D eigenvalue weighted by atomic mass is 9.93. The maximum absolute atomic E-state index is 13.5. The third kappa shape index (κ3) is 3.28. The van der Waals surface area contributed by atoms with Crippen LogP contribution in [0.2, 0.25) is 5.02 Å². The lowest BCUT2D eigenvalue weighted by Crippen LogP contribution is -2.61. The van der Waals surface area contributed by atoms with Crippen molar-refractivity contribution in [3.8, 4) is 0 Å². The molecule has 19 heavy (non-hydrogen) atoms. The fraction of sp³-hybridized carbons (Fsp3) is 0.600. The van der Waals surface area contributed by atoms with E-state index in [1.165, 1.54) is 6.07 Å². The average Bonchev–Trinajstić information content (AvgIpc) is 2.39. The number of nitrogens with one attached hydrogen (secondary N) is 1. The van der Waals surface area contributed by atoms with Gasteiger partial charge in [0.15, 0.2) is 0 Å². The van der Waals surface area contributed by atoms with Gasteiger partial charge in [0.2, 0.25) is 0 Å². The van der Waals surface area contributed by atoms with Gasteiger partial charge >= 0.3 is 0 Å². The van der Waals surface area contributed by atoms with Crippen molar-refractivity contribution in [2.24, 2.45) is 0 Å². The van der Waals surface area contributed by atoms with E-state index >= 15 is 0 Å². The van der Waals surface area contributed by atoms with Gasteiger partial charge in [-0.15, -0.1) is 0 Å². The SMILES string of the molecule is CCC1(C)CN(Cc2cccc(F)c2Cl)C(C)CN1. The van der Waals surface area contributed by atoms with Crippen LogP contribution >= 0.6 is 11.6 Å². The van der Waals surface area contributed by atoms with Crippen LogP contribution in [0.4, 0.5) is 4.39 Å². The molecule has 2 nitrogen and oxygen atoms in total. The summed E-state index contributed by atoms with van der Waals surface area (Å²) in [5, 5.41) is 3.84. The van der Waals surface area contributed by atoms with Gasteiger partial charge in [-0.2, -0.15) is 0 Å². The minimum atomic E-state index is -0.333. The number of hydrogen-bond donors (Lipinski definition) is 1. The Morgan fingerprint density at radius 3 is 2.95 bits per heavy atom. The molecule has 1 aliphatic rings. The van der Waals surface area contributed by atoms with E-state index in [4.69, 9.17) is 11.6 Å². The molecule has 0 bridgehead atoms. The summed E-state index contributed by atoms with van der Waals surface area (Å²) < 4.78 is 13.5. The Kier molecular flexibility index (Phi) is 4.49. The van der Waals surface area contributed by atoms with Crippen molar-refractivity contribution >= 4 is 11.6 Å². The molecule has 1 heterocycles. The first-order valence-electron chi connectivity index (χ1n) is 6.87. The summed E-state index contributed by atoms with van der Waals surface area (Å²) in [6.07, 6.45) is 1.08. The standard InChI is InChI=1S/C15H22ClFN2/c1-4-15(3)10-19(11(2)8-18-15)9-12-6-5-7-13(17)14(12)16/h5-7,11,18H,4,8-10H2,1-3H3. The highest BCUT2D eigenvalue weighted by Crippen LogP contribution is 2.25. The van der Waals surface area contributed by atoms with E-state index < -0.39 is 0 Å². The summed E-state index contributed by atoms with van der Waals surface area (Å²) in [5.74, 6) is -0.333. The molecule has 1 N–H and O–H groups in total. The average molecular weight is 285 g/mol. The van der Waals surface area contributed by atoms with Gasteiger partial charge in [-0.1, -0.05) is 30.7 Å². The Labute approximate surface area is 119 Å². The molecular formula is C15H22ClFN2. The highest BCUT2D eigenvalue weighted by molar-refractivity contribution is 6.31. The lowest BCUT2D eigenvalue weighted by Gasteiger charge is -2.45. The molecule has 0 aromatic heterocycles. The van der Waals surface area contributed by atoms with Crippen LogP contribution in [0, 0.1) is 5.82 Å². The van der Waals surface area contributed by atoms with Gasteiger partial charge in [0, 0.05) is 31.2 Å². The van der Waals surface area contributed by atoms with E-state index in [1.54, 1.807) is 6.07 Å². The Morgan fingerprint density at radius 2 is 2.26 bits per heavy atom. The zero-order chi connectivity index (χ0) is 14.0. The molecule has 2 unspecified atom stereocenters. The van der Waals surface area contributed by atoms with Crippen LogP contribution < -0.4 is 5.32 Å². The predicted octanol–water partition coefficient (Wildman–Crippen LogP) is 3.44. The van der Waals surface area contributed by atoms with E-state index in [9.17, 15) is 4.39 Å². The van der Waals surface area contributed by atoms with Crippen LogP contribution in [0.15, 0.2) is 18.2 Å². The van der Waals surface area contributed by atoms with Gasteiger partial charge in [0.25, 0.3) is 0 Å². The second kappa shape index (κ2) is 5.78. The molecule has 0 spiro atoms. The van der Waals surface area contributed by atoms with Crippen LogP contribution in [0.5, 0.6) is 0 Å². The summed E-state index contributed by atoms with van der Waals surface area (Å²) in [7, 11) is 0. The minimum Gasteiger partial charge on any atom is -0.309 e. The molecule has 4 heteroatoms. The first-order chi connectivity index (χ1) is 8.95. The fourth-order valence-corrected chi connectivity index (χ4v) is 2.71.